The van der Waals surface area contributed by atoms with Gasteiger partial charge in [0.15, 0.2) is 0 Å². The Labute approximate surface area is 578 Å². The van der Waals surface area contributed by atoms with Crippen molar-refractivity contribution in [3.8, 4) is 101 Å². The van der Waals surface area contributed by atoms with E-state index in [4.69, 9.17) is 17.9 Å². The van der Waals surface area contributed by atoms with Crippen LogP contribution in [0.3, 0.4) is 0 Å². The van der Waals surface area contributed by atoms with Crippen molar-refractivity contribution < 1.29 is 27.1 Å². The fraction of sp³-hybridized carbons (Fsp3) is 0.133. The van der Waals surface area contributed by atoms with Gasteiger partial charge in [0.05, 0.1) is 68.0 Å². The van der Waals surface area contributed by atoms with E-state index in [1.807, 2.05) is 83.6 Å². The highest BCUT2D eigenvalue weighted by atomic mass is 16.5. The third kappa shape index (κ3) is 9.21. The van der Waals surface area contributed by atoms with E-state index >= 15 is 0 Å². The number of rotatable bonds is 8. The molecule has 0 unspecified atom stereocenters. The third-order valence-corrected chi connectivity index (χ3v) is 19.9. The number of aromatic nitrogens is 5. The average molecular weight is 1250 g/mol. The summed E-state index contributed by atoms with van der Waals surface area (Å²) in [6.07, 6.45) is 7.75. The molecule has 1 aliphatic heterocycles. The summed E-state index contributed by atoms with van der Waals surface area (Å²) in [6, 6.07) is 56.9. The second-order valence-corrected chi connectivity index (χ2v) is 27.7. The molecule has 0 bridgehead atoms. The summed E-state index contributed by atoms with van der Waals surface area (Å²) in [7, 11) is 0. The smallest absolute Gasteiger partial charge is 0.269 e. The van der Waals surface area contributed by atoms with E-state index in [-0.39, 0.29) is 27.4 Å². The monoisotopic (exact) mass is 1250 g/mol. The molecule has 4 aromatic heterocycles. The first kappa shape index (κ1) is 45.1. The summed E-state index contributed by atoms with van der Waals surface area (Å²) in [6.45, 7) is 15.8. The fourth-order valence-corrected chi connectivity index (χ4v) is 15.0. The van der Waals surface area contributed by atoms with Crippen LogP contribution in [0.25, 0.3) is 144 Å². The van der Waals surface area contributed by atoms with Crippen molar-refractivity contribution in [3.63, 3.8) is 0 Å². The number of pyridine rings is 1. The molecule has 462 valence electrons. The summed E-state index contributed by atoms with van der Waals surface area (Å²) in [5.41, 5.74) is 12.9. The molecule has 2 aliphatic rings. The number of benzene rings is 12. The molecular formula is C90H71N5O. The Kier molecular flexibility index (Phi) is 10.1. The summed E-state index contributed by atoms with van der Waals surface area (Å²) in [5.74, 6) is 1.78. The summed E-state index contributed by atoms with van der Waals surface area (Å²) < 4.78 is 138. The SMILES string of the molecule is [2H]c1c([2H])c([2H])c(-c2c([2H])c(-c3cc4c5c(c3)n(-c3cccc(Oc6ccc7c8ccccc8n(-c8cc(C(C)(C)C)ccn8)c7c6)c3)[c-][n+]5-c3c(cccc3-n3c5ccccc5c5ccccc53)-c3cc5c(cc3-c3ccccc3-4)C(C)(C)CCC5(C)C)c([2H])c(-c3c([2H])c([2H])c([2H])c([2H])c3[2H])c2[2H])c([2H])c1[2H]. The maximum absolute atomic E-state index is 10.6. The quantitative estimate of drug-likeness (QED) is 0.112. The first-order valence-corrected chi connectivity index (χ1v) is 32.7. The Morgan fingerprint density at radius 1 is 0.448 bits per heavy atom. The number of imidazole rings is 1. The van der Waals surface area contributed by atoms with Crippen LogP contribution in [-0.4, -0.2) is 18.7 Å². The van der Waals surface area contributed by atoms with E-state index in [9.17, 15) is 9.60 Å². The maximum atomic E-state index is 10.6. The van der Waals surface area contributed by atoms with Gasteiger partial charge in [-0.05, 0) is 210 Å². The molecule has 1 aliphatic carbocycles. The zero-order valence-corrected chi connectivity index (χ0v) is 54.1. The molecule has 16 aromatic rings. The molecule has 18 rings (SSSR count). The Morgan fingerprint density at radius 2 is 0.979 bits per heavy atom. The lowest BCUT2D eigenvalue weighted by Crippen LogP contribution is -2.34. The van der Waals surface area contributed by atoms with Crippen LogP contribution in [0, 0.1) is 6.33 Å². The van der Waals surface area contributed by atoms with Crippen LogP contribution in [0.1, 0.15) is 95.8 Å². The molecule has 6 nitrogen and oxygen atoms in total. The molecule has 0 fully saturated rings. The topological polar surface area (TPSA) is 40.8 Å². The molecule has 12 aromatic carbocycles. The summed E-state index contributed by atoms with van der Waals surface area (Å²) >= 11 is 0. The zero-order chi connectivity index (χ0) is 76.1. The largest absolute Gasteiger partial charge is 0.458 e. The number of hydrogen-bond donors (Lipinski definition) is 0. The number of nitrogens with zero attached hydrogens (tertiary/aromatic N) is 5. The van der Waals surface area contributed by atoms with Crippen molar-refractivity contribution in [2.24, 2.45) is 0 Å². The first-order chi connectivity index (χ1) is 52.1. The molecule has 0 atom stereocenters. The molecule has 0 radical (unpaired) electrons. The van der Waals surface area contributed by atoms with Gasteiger partial charge in [-0.25, -0.2) is 4.98 Å². The highest BCUT2D eigenvalue weighted by Crippen LogP contribution is 2.53. The van der Waals surface area contributed by atoms with Crippen LogP contribution in [0.5, 0.6) is 11.5 Å². The molecule has 5 heterocycles. The Morgan fingerprint density at radius 3 is 1.60 bits per heavy atom. The highest BCUT2D eigenvalue weighted by molar-refractivity contribution is 6.11. The van der Waals surface area contributed by atoms with E-state index in [1.165, 1.54) is 11.1 Å². The van der Waals surface area contributed by atoms with E-state index in [0.29, 0.717) is 33.8 Å². The van der Waals surface area contributed by atoms with E-state index < -0.39 is 101 Å². The van der Waals surface area contributed by atoms with Gasteiger partial charge in [0.1, 0.15) is 17.3 Å². The van der Waals surface area contributed by atoms with Crippen LogP contribution < -0.4 is 9.30 Å². The van der Waals surface area contributed by atoms with Crippen molar-refractivity contribution in [3.05, 3.63) is 302 Å². The Balaban J connectivity index is 0.980. The van der Waals surface area contributed by atoms with Crippen LogP contribution in [0.4, 0.5) is 0 Å². The lowest BCUT2D eigenvalue weighted by atomic mass is 9.62. The van der Waals surface area contributed by atoms with Gasteiger partial charge >= 0.3 is 0 Å². The summed E-state index contributed by atoms with van der Waals surface area (Å²) in [5, 5.41) is 4.17. The van der Waals surface area contributed by atoms with Gasteiger partial charge in [0.25, 0.3) is 6.33 Å². The molecule has 96 heavy (non-hydrogen) atoms. The molecular weight excluding hydrogens is 1170 g/mol. The van der Waals surface area contributed by atoms with Gasteiger partial charge in [-0.15, -0.1) is 0 Å². The standard InChI is InChI=1S/C90H71N5O/c1-88(2,3)63-42-45-91-85(51-63)95-81-38-21-18-34-71(81)72-41-40-66(53-83(72)95)96-65-29-22-28-64(52-65)92-56-93-86-73(35-23-39-82(86)94-79-36-19-16-32-69(79)70-33-17-20-37-80(70)94)75-55-78-77(89(4,5)43-44-90(78,6)7)54-74(75)67-30-14-15-31-68(67)76-49-62(50-84(92)87(76)93)61-47-59(57-24-10-8-11-25-57)46-60(48-61)58-26-12-9-13-27-58/h8-42,45-55H,43-44H2,1-7H3/i8D,9D,10D,11D,12D,13D,24D,25D,26D,27D,46D,47D,48D. The molecule has 6 heteroatoms. The fourth-order valence-electron chi connectivity index (χ4n) is 15.0. The van der Waals surface area contributed by atoms with Gasteiger partial charge in [0.2, 0.25) is 0 Å². The first-order valence-electron chi connectivity index (χ1n) is 39.2. The predicted molar refractivity (Wildman–Crippen MR) is 397 cm³/mol. The zero-order valence-electron chi connectivity index (χ0n) is 67.1. The number of ether oxygens (including phenoxy) is 1. The third-order valence-electron chi connectivity index (χ3n) is 19.9. The summed E-state index contributed by atoms with van der Waals surface area (Å²) in [4.78, 5) is 4.95. The molecule has 0 amide bonds. The maximum Gasteiger partial charge on any atom is 0.269 e. The van der Waals surface area contributed by atoms with Crippen LogP contribution >= 0.6 is 0 Å². The van der Waals surface area contributed by atoms with Gasteiger partial charge < -0.3 is 9.30 Å². The van der Waals surface area contributed by atoms with Crippen LogP contribution in [0.2, 0.25) is 0 Å². The molecule has 0 saturated carbocycles. The normalized spacial score (nSPS) is 15.8. The highest BCUT2D eigenvalue weighted by Gasteiger charge is 2.39. The van der Waals surface area contributed by atoms with E-state index in [0.717, 1.165) is 107 Å². The Hall–Kier alpha value is -11.3. The van der Waals surface area contributed by atoms with Crippen molar-refractivity contribution in [1.29, 1.82) is 0 Å². The second kappa shape index (κ2) is 21.6. The van der Waals surface area contributed by atoms with Gasteiger partial charge in [0, 0.05) is 33.8 Å². The minimum atomic E-state index is -0.748. The minimum Gasteiger partial charge on any atom is -0.458 e. The molecule has 0 saturated heterocycles. The van der Waals surface area contributed by atoms with Gasteiger partial charge in [-0.2, -0.15) is 0 Å². The Bertz CT molecular complexity index is 6490. The average Bonchev–Trinajstić information content (AvgIpc) is 1.66. The number of hydrogen-bond acceptors (Lipinski definition) is 2. The van der Waals surface area contributed by atoms with Gasteiger partial charge in [-0.3, -0.25) is 13.7 Å². The lowest BCUT2D eigenvalue weighted by molar-refractivity contribution is -0.571. The van der Waals surface area contributed by atoms with Gasteiger partial charge in [-0.1, -0.05) is 218 Å². The van der Waals surface area contributed by atoms with Crippen molar-refractivity contribution in [2.75, 3.05) is 0 Å². The van der Waals surface area contributed by atoms with Crippen LogP contribution in [-0.2, 0) is 16.2 Å². The number of fused-ring (bicyclic) bond motifs is 14. The van der Waals surface area contributed by atoms with Crippen LogP contribution in [0.15, 0.2) is 279 Å². The second-order valence-electron chi connectivity index (χ2n) is 27.7. The van der Waals surface area contributed by atoms with Crippen molar-refractivity contribution in [1.82, 2.24) is 18.7 Å². The van der Waals surface area contributed by atoms with Crippen molar-refractivity contribution >= 4 is 54.6 Å². The number of para-hydroxylation sites is 4. The predicted octanol–water partition coefficient (Wildman–Crippen LogP) is 23.1. The lowest BCUT2D eigenvalue weighted by Gasteiger charge is -2.42. The molecule has 0 N–H and O–H groups in total. The van der Waals surface area contributed by atoms with E-state index in [2.05, 4.69) is 190 Å². The molecule has 0 spiro atoms. The van der Waals surface area contributed by atoms with E-state index in [1.54, 1.807) is 0 Å². The van der Waals surface area contributed by atoms with Crippen molar-refractivity contribution in [2.45, 2.75) is 77.6 Å². The minimum absolute atomic E-state index is 0.149.